The summed E-state index contributed by atoms with van der Waals surface area (Å²) < 4.78 is 1.14. The van der Waals surface area contributed by atoms with Crippen LogP contribution in [-0.2, 0) is 0 Å². The summed E-state index contributed by atoms with van der Waals surface area (Å²) in [6.07, 6.45) is 0. The lowest BCUT2D eigenvalue weighted by atomic mass is 10.1. The number of hydrogen-bond acceptors (Lipinski definition) is 5. The molecule has 3 rings (SSSR count). The molecule has 7 heteroatoms. The number of halogens is 1. The summed E-state index contributed by atoms with van der Waals surface area (Å²) in [5.74, 6) is 0.596. The number of benzene rings is 1. The van der Waals surface area contributed by atoms with Crippen molar-refractivity contribution in [2.45, 2.75) is 13.0 Å². The van der Waals surface area contributed by atoms with Crippen LogP contribution in [0.15, 0.2) is 40.2 Å². The number of hydrogen-bond donors (Lipinski definition) is 2. The Morgan fingerprint density at radius 2 is 2.25 bits per heavy atom. The van der Waals surface area contributed by atoms with Crippen molar-refractivity contribution in [1.82, 2.24) is 20.6 Å². The molecular formula is C13H12BrN5S. The van der Waals surface area contributed by atoms with Gasteiger partial charge in [0.1, 0.15) is 0 Å². The summed E-state index contributed by atoms with van der Waals surface area (Å²) in [4.78, 5) is 1.27. The topological polar surface area (TPSA) is 66.5 Å². The van der Waals surface area contributed by atoms with Crippen molar-refractivity contribution in [3.05, 3.63) is 45.1 Å². The highest BCUT2D eigenvalue weighted by atomic mass is 79.9. The molecule has 0 fully saturated rings. The third-order valence-electron chi connectivity index (χ3n) is 2.89. The minimum Gasteiger partial charge on any atom is -0.378 e. The third kappa shape index (κ3) is 2.73. The SMILES string of the molecule is CC(Nc1cccc(-c2nn[nH]n2)c1)c1sccc1Br. The van der Waals surface area contributed by atoms with E-state index < -0.39 is 0 Å². The molecule has 2 heterocycles. The van der Waals surface area contributed by atoms with Gasteiger partial charge in [0.15, 0.2) is 0 Å². The second-order valence-corrected chi connectivity index (χ2v) is 6.12. The molecule has 20 heavy (non-hydrogen) atoms. The van der Waals surface area contributed by atoms with Gasteiger partial charge in [-0.1, -0.05) is 12.1 Å². The molecule has 2 N–H and O–H groups in total. The molecule has 102 valence electrons. The number of rotatable bonds is 4. The first-order valence-electron chi connectivity index (χ1n) is 6.07. The van der Waals surface area contributed by atoms with E-state index in [9.17, 15) is 0 Å². The molecule has 1 aromatic carbocycles. The largest absolute Gasteiger partial charge is 0.378 e. The maximum Gasteiger partial charge on any atom is 0.204 e. The van der Waals surface area contributed by atoms with E-state index in [0.717, 1.165) is 15.7 Å². The minimum absolute atomic E-state index is 0.227. The summed E-state index contributed by atoms with van der Waals surface area (Å²) in [5.41, 5.74) is 1.96. The lowest BCUT2D eigenvalue weighted by Gasteiger charge is -2.15. The Balaban J connectivity index is 1.81. The van der Waals surface area contributed by atoms with Crippen molar-refractivity contribution < 1.29 is 0 Å². The summed E-state index contributed by atoms with van der Waals surface area (Å²) in [5, 5.41) is 19.6. The Hall–Kier alpha value is -1.73. The van der Waals surface area contributed by atoms with Crippen molar-refractivity contribution in [2.75, 3.05) is 5.32 Å². The van der Waals surface area contributed by atoms with Crippen molar-refractivity contribution in [2.24, 2.45) is 0 Å². The van der Waals surface area contributed by atoms with Crippen LogP contribution < -0.4 is 5.32 Å². The highest BCUT2D eigenvalue weighted by molar-refractivity contribution is 9.10. The van der Waals surface area contributed by atoms with E-state index in [4.69, 9.17) is 0 Å². The van der Waals surface area contributed by atoms with E-state index in [1.165, 1.54) is 4.88 Å². The number of H-pyrrole nitrogens is 1. The minimum atomic E-state index is 0.227. The van der Waals surface area contributed by atoms with Crippen LogP contribution >= 0.6 is 27.3 Å². The molecule has 1 unspecified atom stereocenters. The fraction of sp³-hybridized carbons (Fsp3) is 0.154. The predicted molar refractivity (Wildman–Crippen MR) is 83.7 cm³/mol. The molecule has 0 saturated heterocycles. The van der Waals surface area contributed by atoms with Gasteiger partial charge < -0.3 is 5.32 Å². The molecular weight excluding hydrogens is 338 g/mol. The number of anilines is 1. The van der Waals surface area contributed by atoms with Gasteiger partial charge in [0.25, 0.3) is 0 Å². The molecule has 2 aromatic heterocycles. The van der Waals surface area contributed by atoms with Crippen LogP contribution in [0.25, 0.3) is 11.4 Å². The fourth-order valence-electron chi connectivity index (χ4n) is 1.96. The normalized spacial score (nSPS) is 12.3. The van der Waals surface area contributed by atoms with Crippen LogP contribution in [0.2, 0.25) is 0 Å². The van der Waals surface area contributed by atoms with Crippen LogP contribution in [0.4, 0.5) is 5.69 Å². The van der Waals surface area contributed by atoms with E-state index in [0.29, 0.717) is 5.82 Å². The standard InChI is InChI=1S/C13H12BrN5S/c1-8(12-11(14)5-6-20-12)15-10-4-2-3-9(7-10)13-16-18-19-17-13/h2-8,15H,1H3,(H,16,17,18,19). The van der Waals surface area contributed by atoms with Gasteiger partial charge in [0.2, 0.25) is 5.82 Å². The predicted octanol–water partition coefficient (Wildman–Crippen LogP) is 3.86. The van der Waals surface area contributed by atoms with Gasteiger partial charge in [0, 0.05) is 20.6 Å². The van der Waals surface area contributed by atoms with Gasteiger partial charge in [0.05, 0.1) is 6.04 Å². The van der Waals surface area contributed by atoms with E-state index in [-0.39, 0.29) is 6.04 Å². The van der Waals surface area contributed by atoms with Crippen LogP contribution in [0.1, 0.15) is 17.8 Å². The zero-order chi connectivity index (χ0) is 13.9. The van der Waals surface area contributed by atoms with E-state index in [2.05, 4.69) is 60.2 Å². The Morgan fingerprint density at radius 1 is 1.35 bits per heavy atom. The number of nitrogens with zero attached hydrogens (tertiary/aromatic N) is 3. The summed E-state index contributed by atoms with van der Waals surface area (Å²) in [6.45, 7) is 2.14. The quantitative estimate of drug-likeness (QED) is 0.750. The van der Waals surface area contributed by atoms with Crippen molar-refractivity contribution in [1.29, 1.82) is 0 Å². The number of tetrazole rings is 1. The molecule has 0 amide bonds. The first-order chi connectivity index (χ1) is 9.74. The third-order valence-corrected chi connectivity index (χ3v) is 4.94. The van der Waals surface area contributed by atoms with E-state index in [1.54, 1.807) is 11.3 Å². The molecule has 0 aliphatic heterocycles. The summed E-state index contributed by atoms with van der Waals surface area (Å²) in [6, 6.07) is 10.3. The average molecular weight is 350 g/mol. The molecule has 0 aliphatic carbocycles. The first-order valence-corrected chi connectivity index (χ1v) is 7.74. The highest BCUT2D eigenvalue weighted by Crippen LogP contribution is 2.31. The zero-order valence-electron chi connectivity index (χ0n) is 10.7. The maximum absolute atomic E-state index is 3.99. The molecule has 0 aliphatic rings. The Bertz CT molecular complexity index is 694. The Kier molecular flexibility index (Phi) is 3.79. The monoisotopic (exact) mass is 349 g/mol. The van der Waals surface area contributed by atoms with Gasteiger partial charge in [-0.3, -0.25) is 0 Å². The smallest absolute Gasteiger partial charge is 0.204 e. The molecule has 0 bridgehead atoms. The number of aromatic amines is 1. The second-order valence-electron chi connectivity index (χ2n) is 4.32. The van der Waals surface area contributed by atoms with Crippen LogP contribution in [0.5, 0.6) is 0 Å². The van der Waals surface area contributed by atoms with Crippen LogP contribution in [0.3, 0.4) is 0 Å². The fourth-order valence-corrected chi connectivity index (χ4v) is 3.69. The zero-order valence-corrected chi connectivity index (χ0v) is 13.1. The molecule has 0 saturated carbocycles. The van der Waals surface area contributed by atoms with Crippen molar-refractivity contribution in [3.8, 4) is 11.4 Å². The van der Waals surface area contributed by atoms with E-state index >= 15 is 0 Å². The number of thiophene rings is 1. The molecule has 3 aromatic rings. The van der Waals surface area contributed by atoms with Gasteiger partial charge in [-0.15, -0.1) is 21.5 Å². The Labute approximate surface area is 128 Å². The summed E-state index contributed by atoms with van der Waals surface area (Å²) in [7, 11) is 0. The average Bonchev–Trinajstić information content (AvgIpc) is 3.09. The van der Waals surface area contributed by atoms with Gasteiger partial charge in [-0.05, 0) is 51.6 Å². The van der Waals surface area contributed by atoms with Gasteiger partial charge in [-0.25, -0.2) is 0 Å². The lowest BCUT2D eigenvalue weighted by molar-refractivity contribution is 0.881. The molecule has 0 radical (unpaired) electrons. The van der Waals surface area contributed by atoms with Crippen molar-refractivity contribution >= 4 is 33.0 Å². The maximum atomic E-state index is 3.99. The van der Waals surface area contributed by atoms with Crippen molar-refractivity contribution in [3.63, 3.8) is 0 Å². The van der Waals surface area contributed by atoms with Crippen LogP contribution in [0, 0.1) is 0 Å². The number of aromatic nitrogens is 4. The molecule has 1 atom stereocenters. The van der Waals surface area contributed by atoms with Gasteiger partial charge >= 0.3 is 0 Å². The number of nitrogens with one attached hydrogen (secondary N) is 2. The summed E-state index contributed by atoms with van der Waals surface area (Å²) >= 11 is 5.29. The highest BCUT2D eigenvalue weighted by Gasteiger charge is 2.11. The van der Waals surface area contributed by atoms with Gasteiger partial charge in [-0.2, -0.15) is 5.21 Å². The second kappa shape index (κ2) is 5.72. The Morgan fingerprint density at radius 3 is 2.95 bits per heavy atom. The van der Waals surface area contributed by atoms with E-state index in [1.807, 2.05) is 24.3 Å². The lowest BCUT2D eigenvalue weighted by Crippen LogP contribution is -2.05. The first kappa shape index (κ1) is 13.3. The van der Waals surface area contributed by atoms with Crippen LogP contribution in [-0.4, -0.2) is 20.6 Å². The molecule has 0 spiro atoms. The molecule has 5 nitrogen and oxygen atoms in total.